The summed E-state index contributed by atoms with van der Waals surface area (Å²) >= 11 is 6.20. The van der Waals surface area contributed by atoms with Crippen molar-refractivity contribution in [2.75, 3.05) is 16.8 Å². The topological polar surface area (TPSA) is 75.7 Å². The van der Waals surface area contributed by atoms with Gasteiger partial charge in [0, 0.05) is 5.69 Å². The molecule has 0 aromatic heterocycles. The fraction of sp³-hybridized carbons (Fsp3) is 0.320. The molecule has 1 aliphatic rings. The van der Waals surface area contributed by atoms with Crippen LogP contribution in [0.3, 0.4) is 0 Å². The molecule has 0 saturated heterocycles. The Morgan fingerprint density at radius 2 is 1.59 bits per heavy atom. The summed E-state index contributed by atoms with van der Waals surface area (Å²) in [4.78, 5) is 38.7. The first-order valence-electron chi connectivity index (χ1n) is 10.9. The van der Waals surface area contributed by atoms with E-state index in [0.29, 0.717) is 23.5 Å². The molecule has 0 atom stereocenters. The van der Waals surface area contributed by atoms with Crippen LogP contribution in [0.25, 0.3) is 0 Å². The summed E-state index contributed by atoms with van der Waals surface area (Å²) in [6.45, 7) is 4.51. The molecular weight excluding hydrogens is 428 g/mol. The third-order valence-electron chi connectivity index (χ3n) is 5.16. The molecule has 0 unspecified atom stereocenters. The number of carbonyl (C=O) groups excluding carboxylic acids is 3. The van der Waals surface area contributed by atoms with Crippen molar-refractivity contribution in [3.05, 3.63) is 70.4 Å². The standard InChI is InChI=1S/C25H27ClN2O4/c1-3-5-7-17-8-12-19(13-9-17)27-22-21(26)23(29)28(24(22)30)20-14-10-18(11-15-20)25(31)32-16-6-4-2/h8-15,27H,3-7,16H2,1-2H3. The minimum atomic E-state index is -0.614. The molecule has 0 radical (unpaired) electrons. The van der Waals surface area contributed by atoms with Gasteiger partial charge in [-0.15, -0.1) is 0 Å². The lowest BCUT2D eigenvalue weighted by Crippen LogP contribution is -2.32. The number of hydrogen-bond acceptors (Lipinski definition) is 5. The highest BCUT2D eigenvalue weighted by Crippen LogP contribution is 2.30. The lowest BCUT2D eigenvalue weighted by Gasteiger charge is -2.15. The SMILES string of the molecule is CCCCOC(=O)c1ccc(N2C(=O)C(Cl)=C(Nc3ccc(CCCC)cc3)C2=O)cc1. The van der Waals surface area contributed by atoms with Gasteiger partial charge < -0.3 is 10.1 Å². The average molecular weight is 455 g/mol. The molecule has 32 heavy (non-hydrogen) atoms. The molecule has 6 nitrogen and oxygen atoms in total. The molecule has 0 bridgehead atoms. The van der Waals surface area contributed by atoms with Gasteiger partial charge in [0.25, 0.3) is 11.8 Å². The molecule has 0 spiro atoms. The number of carbonyl (C=O) groups is 3. The maximum atomic E-state index is 12.9. The first-order valence-corrected chi connectivity index (χ1v) is 11.3. The number of hydrogen-bond donors (Lipinski definition) is 1. The van der Waals surface area contributed by atoms with Gasteiger partial charge in [-0.1, -0.05) is 50.4 Å². The van der Waals surface area contributed by atoms with Crippen LogP contribution in [0.2, 0.25) is 0 Å². The number of imide groups is 1. The zero-order chi connectivity index (χ0) is 23.1. The summed E-state index contributed by atoms with van der Waals surface area (Å²) in [6, 6.07) is 13.8. The first-order chi connectivity index (χ1) is 15.5. The minimum absolute atomic E-state index is 0.0287. The number of rotatable bonds is 10. The van der Waals surface area contributed by atoms with Crippen LogP contribution in [0.1, 0.15) is 55.5 Å². The molecule has 1 aliphatic heterocycles. The van der Waals surface area contributed by atoms with Gasteiger partial charge in [0.05, 0.1) is 17.9 Å². The number of anilines is 2. The van der Waals surface area contributed by atoms with Crippen molar-refractivity contribution in [1.82, 2.24) is 0 Å². The summed E-state index contributed by atoms with van der Waals surface area (Å²) in [7, 11) is 0. The van der Waals surface area contributed by atoms with Crippen LogP contribution in [0, 0.1) is 0 Å². The Kier molecular flexibility index (Phi) is 8.06. The van der Waals surface area contributed by atoms with Crippen LogP contribution in [0.4, 0.5) is 11.4 Å². The van der Waals surface area contributed by atoms with Crippen molar-refractivity contribution in [2.24, 2.45) is 0 Å². The summed E-state index contributed by atoms with van der Waals surface area (Å²) in [5, 5.41) is 2.80. The van der Waals surface area contributed by atoms with E-state index in [1.807, 2.05) is 31.2 Å². The summed E-state index contributed by atoms with van der Waals surface area (Å²) < 4.78 is 5.18. The Morgan fingerprint density at radius 1 is 0.938 bits per heavy atom. The molecule has 0 fully saturated rings. The van der Waals surface area contributed by atoms with E-state index in [1.165, 1.54) is 29.8 Å². The molecule has 2 aromatic carbocycles. The number of amides is 2. The monoisotopic (exact) mass is 454 g/mol. The van der Waals surface area contributed by atoms with Gasteiger partial charge in [0.1, 0.15) is 10.7 Å². The summed E-state index contributed by atoms with van der Waals surface area (Å²) in [6.07, 6.45) is 4.95. The van der Waals surface area contributed by atoms with Gasteiger partial charge in [-0.25, -0.2) is 9.69 Å². The number of benzene rings is 2. The van der Waals surface area contributed by atoms with E-state index in [0.717, 1.165) is 37.0 Å². The van der Waals surface area contributed by atoms with E-state index in [2.05, 4.69) is 12.2 Å². The Hall–Kier alpha value is -3.12. The van der Waals surface area contributed by atoms with Crippen LogP contribution in [-0.2, 0) is 20.7 Å². The third kappa shape index (κ3) is 5.37. The third-order valence-corrected chi connectivity index (χ3v) is 5.51. The number of unbranched alkanes of at least 4 members (excludes halogenated alkanes) is 2. The summed E-state index contributed by atoms with van der Waals surface area (Å²) in [5.41, 5.74) is 2.59. The second kappa shape index (κ2) is 11.0. The maximum absolute atomic E-state index is 12.9. The predicted molar refractivity (Wildman–Crippen MR) is 126 cm³/mol. The molecule has 7 heteroatoms. The highest BCUT2D eigenvalue weighted by atomic mass is 35.5. The second-order valence-corrected chi connectivity index (χ2v) is 7.97. The molecular formula is C25H27ClN2O4. The molecule has 2 amide bonds. The molecule has 1 N–H and O–H groups in total. The number of nitrogens with zero attached hydrogens (tertiary/aromatic N) is 1. The fourth-order valence-corrected chi connectivity index (χ4v) is 3.48. The largest absolute Gasteiger partial charge is 0.462 e. The zero-order valence-corrected chi connectivity index (χ0v) is 19.1. The van der Waals surface area contributed by atoms with Crippen molar-refractivity contribution in [3.63, 3.8) is 0 Å². The zero-order valence-electron chi connectivity index (χ0n) is 18.3. The average Bonchev–Trinajstić information content (AvgIpc) is 3.02. The van der Waals surface area contributed by atoms with Crippen LogP contribution in [0.15, 0.2) is 59.3 Å². The van der Waals surface area contributed by atoms with Gasteiger partial charge in [-0.3, -0.25) is 9.59 Å². The van der Waals surface area contributed by atoms with Crippen LogP contribution >= 0.6 is 11.6 Å². The van der Waals surface area contributed by atoms with E-state index in [9.17, 15) is 14.4 Å². The molecule has 1 heterocycles. The summed E-state index contributed by atoms with van der Waals surface area (Å²) in [5.74, 6) is -1.60. The lowest BCUT2D eigenvalue weighted by atomic mass is 10.1. The molecule has 2 aromatic rings. The highest BCUT2D eigenvalue weighted by molar-refractivity contribution is 6.53. The van der Waals surface area contributed by atoms with Crippen LogP contribution in [-0.4, -0.2) is 24.4 Å². The van der Waals surface area contributed by atoms with Gasteiger partial charge in [-0.2, -0.15) is 0 Å². The van der Waals surface area contributed by atoms with Crippen molar-refractivity contribution >= 4 is 40.8 Å². The number of ether oxygens (including phenoxy) is 1. The Bertz CT molecular complexity index is 1010. The van der Waals surface area contributed by atoms with Crippen molar-refractivity contribution in [2.45, 2.75) is 46.0 Å². The fourth-order valence-electron chi connectivity index (χ4n) is 3.26. The normalized spacial score (nSPS) is 13.7. The maximum Gasteiger partial charge on any atom is 0.338 e. The molecule has 0 aliphatic carbocycles. The molecule has 168 valence electrons. The van der Waals surface area contributed by atoms with Gasteiger partial charge in [0.2, 0.25) is 0 Å². The smallest absolute Gasteiger partial charge is 0.338 e. The van der Waals surface area contributed by atoms with E-state index < -0.39 is 17.8 Å². The molecule has 3 rings (SSSR count). The van der Waals surface area contributed by atoms with Gasteiger partial charge >= 0.3 is 5.97 Å². The van der Waals surface area contributed by atoms with Gasteiger partial charge in [0.15, 0.2) is 0 Å². The Morgan fingerprint density at radius 3 is 2.22 bits per heavy atom. The Labute approximate surface area is 193 Å². The van der Waals surface area contributed by atoms with E-state index in [-0.39, 0.29) is 10.7 Å². The second-order valence-electron chi connectivity index (χ2n) is 7.60. The lowest BCUT2D eigenvalue weighted by molar-refractivity contribution is -0.120. The number of aryl methyl sites for hydroxylation is 1. The Balaban J connectivity index is 1.70. The van der Waals surface area contributed by atoms with Crippen molar-refractivity contribution in [3.8, 4) is 0 Å². The predicted octanol–water partition coefficient (Wildman–Crippen LogP) is 5.42. The highest BCUT2D eigenvalue weighted by Gasteiger charge is 2.39. The van der Waals surface area contributed by atoms with E-state index in [1.54, 1.807) is 0 Å². The van der Waals surface area contributed by atoms with E-state index in [4.69, 9.17) is 16.3 Å². The van der Waals surface area contributed by atoms with Crippen LogP contribution in [0.5, 0.6) is 0 Å². The quantitative estimate of drug-likeness (QED) is 0.294. The first kappa shape index (κ1) is 23.5. The van der Waals surface area contributed by atoms with E-state index >= 15 is 0 Å². The van der Waals surface area contributed by atoms with Crippen molar-refractivity contribution in [1.29, 1.82) is 0 Å². The number of nitrogens with one attached hydrogen (secondary N) is 1. The van der Waals surface area contributed by atoms with Crippen molar-refractivity contribution < 1.29 is 19.1 Å². The number of halogens is 1. The van der Waals surface area contributed by atoms with Gasteiger partial charge in [-0.05, 0) is 61.2 Å². The number of esters is 1. The van der Waals surface area contributed by atoms with Crippen LogP contribution < -0.4 is 10.2 Å². The minimum Gasteiger partial charge on any atom is -0.462 e. The molecule has 0 saturated carbocycles.